The summed E-state index contributed by atoms with van der Waals surface area (Å²) >= 11 is 0. The van der Waals surface area contributed by atoms with E-state index in [0.717, 1.165) is 17.0 Å². The lowest BCUT2D eigenvalue weighted by Crippen LogP contribution is -2.25. The van der Waals surface area contributed by atoms with E-state index in [1.165, 1.54) is 0 Å². The minimum atomic E-state index is -0.253. The van der Waals surface area contributed by atoms with Gasteiger partial charge in [-0.2, -0.15) is 5.10 Å². The van der Waals surface area contributed by atoms with Crippen LogP contribution in [-0.2, 0) is 12.0 Å². The monoisotopic (exact) mass is 404 g/mol. The van der Waals surface area contributed by atoms with Crippen LogP contribution in [0.3, 0.4) is 0 Å². The number of ether oxygens (including phenoxy) is 1. The number of methoxy groups -OCH3 is 1. The lowest BCUT2D eigenvalue weighted by Gasteiger charge is -2.13. The molecular weight excluding hydrogens is 380 g/mol. The fraction of sp³-hybridized carbons (Fsp3) is 0.261. The van der Waals surface area contributed by atoms with Crippen molar-refractivity contribution in [3.05, 3.63) is 71.9 Å². The van der Waals surface area contributed by atoms with Crippen molar-refractivity contribution in [3.8, 4) is 17.0 Å². The Labute approximate surface area is 174 Å². The van der Waals surface area contributed by atoms with E-state index in [0.29, 0.717) is 29.3 Å². The van der Waals surface area contributed by atoms with Gasteiger partial charge in [-0.15, -0.1) is 0 Å². The number of rotatable bonds is 5. The van der Waals surface area contributed by atoms with E-state index in [1.54, 1.807) is 30.0 Å². The van der Waals surface area contributed by atoms with Crippen LogP contribution >= 0.6 is 0 Å². The van der Waals surface area contributed by atoms with Gasteiger partial charge in [0.15, 0.2) is 5.65 Å². The van der Waals surface area contributed by atoms with Gasteiger partial charge in [-0.05, 0) is 42.5 Å². The third-order valence-electron chi connectivity index (χ3n) is 4.82. The molecule has 0 spiro atoms. The van der Waals surface area contributed by atoms with Gasteiger partial charge in [0.25, 0.3) is 5.91 Å². The van der Waals surface area contributed by atoms with Crippen LogP contribution in [0.25, 0.3) is 16.9 Å². The number of amides is 1. The number of nitrogens with zero attached hydrogens (tertiary/aromatic N) is 3. The molecule has 4 rings (SSSR count). The number of nitrogens with one attached hydrogen (secondary N) is 1. The molecule has 0 aliphatic rings. The molecule has 154 valence electrons. The zero-order chi connectivity index (χ0) is 21.3. The molecule has 0 radical (unpaired) electrons. The Bertz CT molecular complexity index is 1170. The second-order valence-corrected chi connectivity index (χ2v) is 8.07. The SMILES string of the molecule is COc1ccc(-c2cc(C(=O)NCc3ccco3)n3nc(C(C)(C)C)cc3n2)cc1. The standard InChI is InChI=1S/C23H24N4O3/c1-23(2,3)20-13-21-25-18(15-7-9-16(29-4)10-8-15)12-19(27(21)26-20)22(28)24-14-17-6-5-11-30-17/h5-13H,14H2,1-4H3,(H,24,28). The Morgan fingerprint density at radius 1 is 1.17 bits per heavy atom. The Kier molecular flexibility index (Phi) is 5.03. The van der Waals surface area contributed by atoms with Crippen molar-refractivity contribution < 1.29 is 13.9 Å². The molecule has 1 aromatic carbocycles. The Morgan fingerprint density at radius 2 is 1.93 bits per heavy atom. The summed E-state index contributed by atoms with van der Waals surface area (Å²) in [6.07, 6.45) is 1.58. The number of carbonyl (C=O) groups excluding carboxylic acids is 1. The first-order valence-corrected chi connectivity index (χ1v) is 9.71. The first-order chi connectivity index (χ1) is 14.3. The smallest absolute Gasteiger partial charge is 0.270 e. The van der Waals surface area contributed by atoms with Gasteiger partial charge in [-0.3, -0.25) is 4.79 Å². The quantitative estimate of drug-likeness (QED) is 0.538. The lowest BCUT2D eigenvalue weighted by atomic mass is 9.93. The van der Waals surface area contributed by atoms with Crippen LogP contribution in [0.2, 0.25) is 0 Å². The first kappa shape index (κ1) is 19.7. The number of furan rings is 1. The minimum absolute atomic E-state index is 0.171. The van der Waals surface area contributed by atoms with Gasteiger partial charge >= 0.3 is 0 Å². The minimum Gasteiger partial charge on any atom is -0.497 e. The normalized spacial score (nSPS) is 11.6. The van der Waals surface area contributed by atoms with E-state index in [-0.39, 0.29) is 11.3 Å². The molecule has 0 unspecified atom stereocenters. The van der Waals surface area contributed by atoms with E-state index in [2.05, 4.69) is 31.2 Å². The summed E-state index contributed by atoms with van der Waals surface area (Å²) in [5.74, 6) is 1.19. The van der Waals surface area contributed by atoms with Crippen molar-refractivity contribution in [2.75, 3.05) is 7.11 Å². The molecule has 1 amide bonds. The van der Waals surface area contributed by atoms with Gasteiger partial charge in [0, 0.05) is 17.0 Å². The zero-order valence-corrected chi connectivity index (χ0v) is 17.5. The number of aromatic nitrogens is 3. The second kappa shape index (κ2) is 7.67. The maximum atomic E-state index is 13.0. The molecule has 7 heteroatoms. The van der Waals surface area contributed by atoms with Crippen LogP contribution in [0.4, 0.5) is 0 Å². The molecule has 7 nitrogen and oxygen atoms in total. The Hall–Kier alpha value is -3.61. The van der Waals surface area contributed by atoms with E-state index >= 15 is 0 Å². The Morgan fingerprint density at radius 3 is 2.57 bits per heavy atom. The van der Waals surface area contributed by atoms with Gasteiger partial charge in [0.05, 0.1) is 31.3 Å². The highest BCUT2D eigenvalue weighted by atomic mass is 16.5. The first-order valence-electron chi connectivity index (χ1n) is 9.71. The highest BCUT2D eigenvalue weighted by Gasteiger charge is 2.22. The maximum absolute atomic E-state index is 13.0. The summed E-state index contributed by atoms with van der Waals surface area (Å²) in [6.45, 7) is 6.53. The molecule has 0 atom stereocenters. The number of hydrogen-bond donors (Lipinski definition) is 1. The fourth-order valence-corrected chi connectivity index (χ4v) is 3.08. The summed E-state index contributed by atoms with van der Waals surface area (Å²) < 4.78 is 12.1. The summed E-state index contributed by atoms with van der Waals surface area (Å²) in [7, 11) is 1.63. The second-order valence-electron chi connectivity index (χ2n) is 8.07. The molecule has 30 heavy (non-hydrogen) atoms. The van der Waals surface area contributed by atoms with Crippen LogP contribution in [0.15, 0.2) is 59.2 Å². The van der Waals surface area contributed by atoms with Crippen molar-refractivity contribution in [2.24, 2.45) is 0 Å². The van der Waals surface area contributed by atoms with E-state index < -0.39 is 0 Å². The highest BCUT2D eigenvalue weighted by Crippen LogP contribution is 2.26. The molecule has 0 fully saturated rings. The number of benzene rings is 1. The zero-order valence-electron chi connectivity index (χ0n) is 17.5. The van der Waals surface area contributed by atoms with Gasteiger partial charge in [0.2, 0.25) is 0 Å². The van der Waals surface area contributed by atoms with Crippen molar-refractivity contribution in [1.82, 2.24) is 19.9 Å². The third kappa shape index (κ3) is 3.91. The molecular formula is C23H24N4O3. The van der Waals surface area contributed by atoms with Crippen LogP contribution < -0.4 is 10.1 Å². The molecule has 4 aromatic rings. The molecule has 1 N–H and O–H groups in total. The molecule has 3 aromatic heterocycles. The van der Waals surface area contributed by atoms with E-state index in [4.69, 9.17) is 14.1 Å². The van der Waals surface area contributed by atoms with Crippen molar-refractivity contribution >= 4 is 11.6 Å². The van der Waals surface area contributed by atoms with Gasteiger partial charge < -0.3 is 14.5 Å². The van der Waals surface area contributed by atoms with Gasteiger partial charge in [-0.1, -0.05) is 20.8 Å². The number of fused-ring (bicyclic) bond motifs is 1. The lowest BCUT2D eigenvalue weighted by molar-refractivity contribution is 0.0940. The third-order valence-corrected chi connectivity index (χ3v) is 4.82. The Balaban J connectivity index is 1.78. The molecule has 0 saturated carbocycles. The summed E-state index contributed by atoms with van der Waals surface area (Å²) in [6, 6.07) is 14.9. The highest BCUT2D eigenvalue weighted by molar-refractivity contribution is 5.94. The van der Waals surface area contributed by atoms with Crippen LogP contribution in [0.5, 0.6) is 5.75 Å². The van der Waals surface area contributed by atoms with Crippen LogP contribution in [-0.4, -0.2) is 27.6 Å². The van der Waals surface area contributed by atoms with Gasteiger partial charge in [0.1, 0.15) is 17.2 Å². The van der Waals surface area contributed by atoms with Crippen LogP contribution in [0.1, 0.15) is 42.7 Å². The molecule has 0 bridgehead atoms. The summed E-state index contributed by atoms with van der Waals surface area (Å²) in [5.41, 5.74) is 3.30. The van der Waals surface area contributed by atoms with Crippen molar-refractivity contribution in [2.45, 2.75) is 32.7 Å². The predicted molar refractivity (Wildman–Crippen MR) is 114 cm³/mol. The average Bonchev–Trinajstić information content (AvgIpc) is 3.40. The topological polar surface area (TPSA) is 81.7 Å². The summed E-state index contributed by atoms with van der Waals surface area (Å²) in [4.78, 5) is 17.8. The van der Waals surface area contributed by atoms with E-state index in [1.807, 2.05) is 36.4 Å². The van der Waals surface area contributed by atoms with Crippen molar-refractivity contribution in [1.29, 1.82) is 0 Å². The molecule has 0 saturated heterocycles. The largest absolute Gasteiger partial charge is 0.497 e. The predicted octanol–water partition coefficient (Wildman–Crippen LogP) is 4.23. The maximum Gasteiger partial charge on any atom is 0.270 e. The fourth-order valence-electron chi connectivity index (χ4n) is 3.08. The summed E-state index contributed by atoms with van der Waals surface area (Å²) in [5, 5.41) is 7.56. The molecule has 3 heterocycles. The number of carbonyl (C=O) groups is 1. The van der Waals surface area contributed by atoms with E-state index in [9.17, 15) is 4.79 Å². The molecule has 0 aliphatic carbocycles. The van der Waals surface area contributed by atoms with Crippen LogP contribution in [0, 0.1) is 0 Å². The van der Waals surface area contributed by atoms with Crippen molar-refractivity contribution in [3.63, 3.8) is 0 Å². The number of hydrogen-bond acceptors (Lipinski definition) is 5. The molecule has 0 aliphatic heterocycles. The van der Waals surface area contributed by atoms with Gasteiger partial charge in [-0.25, -0.2) is 9.50 Å². The average molecular weight is 404 g/mol.